The van der Waals surface area contributed by atoms with Crippen LogP contribution in [-0.4, -0.2) is 10.2 Å². The van der Waals surface area contributed by atoms with Crippen molar-refractivity contribution in [2.75, 3.05) is 0 Å². The fourth-order valence-electron chi connectivity index (χ4n) is 2.01. The third-order valence-electron chi connectivity index (χ3n) is 3.00. The van der Waals surface area contributed by atoms with Crippen LogP contribution >= 0.6 is 0 Å². The molecule has 2 aromatic rings. The van der Waals surface area contributed by atoms with Crippen molar-refractivity contribution in [3.05, 3.63) is 57.3 Å². The minimum atomic E-state index is -0.157. The molecule has 102 valence electrons. The van der Waals surface area contributed by atoms with Crippen molar-refractivity contribution in [2.24, 2.45) is 10.4 Å². The van der Waals surface area contributed by atoms with E-state index >= 15 is 0 Å². The average molecular weight is 272 g/mol. The molecule has 2 N–H and O–H groups in total. The number of rotatable bonds is 5. The summed E-state index contributed by atoms with van der Waals surface area (Å²) in [6.45, 7) is -0.313. The Labute approximate surface area is 114 Å². The summed E-state index contributed by atoms with van der Waals surface area (Å²) in [7, 11) is 0. The number of nitroso groups, excluding NO2 is 2. The van der Waals surface area contributed by atoms with Gasteiger partial charge in [0.05, 0.1) is 0 Å². The lowest BCUT2D eigenvalue weighted by Gasteiger charge is -2.11. The van der Waals surface area contributed by atoms with E-state index in [4.69, 9.17) is 0 Å². The van der Waals surface area contributed by atoms with E-state index in [-0.39, 0.29) is 24.6 Å². The summed E-state index contributed by atoms with van der Waals surface area (Å²) in [6, 6.07) is 9.68. The second-order valence-corrected chi connectivity index (χ2v) is 4.20. The molecule has 0 radical (unpaired) electrons. The lowest BCUT2D eigenvalue weighted by molar-refractivity contribution is 0.462. The van der Waals surface area contributed by atoms with Gasteiger partial charge in [-0.2, -0.15) is 9.81 Å². The summed E-state index contributed by atoms with van der Waals surface area (Å²) >= 11 is 0. The van der Waals surface area contributed by atoms with Crippen LogP contribution < -0.4 is 0 Å². The summed E-state index contributed by atoms with van der Waals surface area (Å²) in [5.41, 5.74) is 1.49. The Morgan fingerprint density at radius 1 is 0.750 bits per heavy atom. The van der Waals surface area contributed by atoms with Gasteiger partial charge in [0.15, 0.2) is 0 Å². The molecule has 0 saturated heterocycles. The van der Waals surface area contributed by atoms with E-state index in [0.29, 0.717) is 22.3 Å². The summed E-state index contributed by atoms with van der Waals surface area (Å²) < 4.78 is 0. The molecular weight excluding hydrogens is 260 g/mol. The second kappa shape index (κ2) is 5.92. The number of nitrogens with zero attached hydrogens (tertiary/aromatic N) is 2. The largest absolute Gasteiger partial charge is 0.507 e. The number of benzene rings is 2. The van der Waals surface area contributed by atoms with E-state index in [1.165, 1.54) is 0 Å². The van der Waals surface area contributed by atoms with E-state index in [1.54, 1.807) is 36.4 Å². The Balaban J connectivity index is 2.57. The third-order valence-corrected chi connectivity index (χ3v) is 3.00. The quantitative estimate of drug-likeness (QED) is 0.815. The molecule has 2 rings (SSSR count). The molecule has 2 aromatic carbocycles. The van der Waals surface area contributed by atoms with Gasteiger partial charge in [0, 0.05) is 22.3 Å². The van der Waals surface area contributed by atoms with Crippen LogP contribution in [0.25, 0.3) is 11.1 Å². The first-order valence-corrected chi connectivity index (χ1v) is 5.89. The smallest absolute Gasteiger partial charge is 0.128 e. The van der Waals surface area contributed by atoms with Gasteiger partial charge in [-0.25, -0.2) is 0 Å². The summed E-state index contributed by atoms with van der Waals surface area (Å²) in [5.74, 6) is -0.225. The maximum atomic E-state index is 10.3. The summed E-state index contributed by atoms with van der Waals surface area (Å²) in [4.78, 5) is 20.6. The molecule has 0 unspecified atom stereocenters. The lowest BCUT2D eigenvalue weighted by atomic mass is 9.98. The number of aromatic hydroxyl groups is 2. The predicted octanol–water partition coefficient (Wildman–Crippen LogP) is 3.30. The van der Waals surface area contributed by atoms with Crippen LogP contribution in [0.3, 0.4) is 0 Å². The second-order valence-electron chi connectivity index (χ2n) is 4.20. The maximum absolute atomic E-state index is 10.3. The van der Waals surface area contributed by atoms with Gasteiger partial charge >= 0.3 is 0 Å². The number of hydrogen-bond donors (Lipinski definition) is 2. The highest BCUT2D eigenvalue weighted by molar-refractivity contribution is 5.77. The van der Waals surface area contributed by atoms with Crippen molar-refractivity contribution >= 4 is 0 Å². The third kappa shape index (κ3) is 2.49. The van der Waals surface area contributed by atoms with Crippen molar-refractivity contribution < 1.29 is 10.2 Å². The number of para-hydroxylation sites is 2. The molecule has 6 heteroatoms. The average Bonchev–Trinajstić information content (AvgIpc) is 2.44. The molecule has 0 atom stereocenters. The van der Waals surface area contributed by atoms with Gasteiger partial charge < -0.3 is 10.2 Å². The van der Waals surface area contributed by atoms with Gasteiger partial charge in [-0.3, -0.25) is 0 Å². The Kier molecular flexibility index (Phi) is 4.05. The van der Waals surface area contributed by atoms with Gasteiger partial charge in [0.1, 0.15) is 24.6 Å². The molecule has 0 saturated carbocycles. The van der Waals surface area contributed by atoms with Crippen LogP contribution in [-0.2, 0) is 13.1 Å². The van der Waals surface area contributed by atoms with Crippen LogP contribution in [0.15, 0.2) is 46.8 Å². The zero-order chi connectivity index (χ0) is 14.5. The van der Waals surface area contributed by atoms with E-state index in [0.717, 1.165) is 0 Å². The molecule has 0 amide bonds. The zero-order valence-electron chi connectivity index (χ0n) is 10.5. The monoisotopic (exact) mass is 272 g/mol. The van der Waals surface area contributed by atoms with E-state index < -0.39 is 0 Å². The van der Waals surface area contributed by atoms with E-state index in [9.17, 15) is 20.0 Å². The Morgan fingerprint density at radius 2 is 1.15 bits per heavy atom. The molecule has 0 aliphatic heterocycles. The number of phenolic OH excluding ortho intramolecular Hbond substituents is 2. The molecule has 0 heterocycles. The molecule has 20 heavy (non-hydrogen) atoms. The highest BCUT2D eigenvalue weighted by Gasteiger charge is 2.14. The predicted molar refractivity (Wildman–Crippen MR) is 74.2 cm³/mol. The molecule has 0 aliphatic rings. The molecule has 0 spiro atoms. The summed E-state index contributed by atoms with van der Waals surface area (Å²) in [5, 5.41) is 25.7. The first-order chi connectivity index (χ1) is 9.69. The molecule has 6 nitrogen and oxygen atoms in total. The minimum Gasteiger partial charge on any atom is -0.507 e. The van der Waals surface area contributed by atoms with Gasteiger partial charge in [-0.15, -0.1) is 0 Å². The zero-order valence-corrected chi connectivity index (χ0v) is 10.5. The van der Waals surface area contributed by atoms with Crippen LogP contribution in [0.1, 0.15) is 11.1 Å². The molecular formula is C14H12N2O4. The van der Waals surface area contributed by atoms with Crippen molar-refractivity contribution in [1.29, 1.82) is 0 Å². The van der Waals surface area contributed by atoms with Crippen molar-refractivity contribution in [2.45, 2.75) is 13.1 Å². The first kappa shape index (κ1) is 13.7. The van der Waals surface area contributed by atoms with Crippen molar-refractivity contribution in [3.8, 4) is 22.6 Å². The Hall–Kier alpha value is -2.76. The molecule has 0 fully saturated rings. The van der Waals surface area contributed by atoms with Gasteiger partial charge in [-0.05, 0) is 0 Å². The molecule has 0 bridgehead atoms. The minimum absolute atomic E-state index is 0.112. The molecule has 0 aromatic heterocycles. The summed E-state index contributed by atoms with van der Waals surface area (Å²) in [6.07, 6.45) is 0. The topological polar surface area (TPSA) is 99.3 Å². The standard InChI is InChI=1S/C14H12N2O4/c17-13-9(7-15-19)3-1-5-11(13)12-6-2-4-10(8-16-20)14(12)18/h1-6,17-18H,7-8H2. The van der Waals surface area contributed by atoms with Crippen LogP contribution in [0, 0.1) is 9.81 Å². The van der Waals surface area contributed by atoms with Crippen LogP contribution in [0.2, 0.25) is 0 Å². The van der Waals surface area contributed by atoms with Crippen LogP contribution in [0.5, 0.6) is 11.5 Å². The number of phenols is 2. The maximum Gasteiger partial charge on any atom is 0.128 e. The van der Waals surface area contributed by atoms with E-state index in [2.05, 4.69) is 10.4 Å². The van der Waals surface area contributed by atoms with Gasteiger partial charge in [-0.1, -0.05) is 46.8 Å². The highest BCUT2D eigenvalue weighted by Crippen LogP contribution is 2.39. The lowest BCUT2D eigenvalue weighted by Crippen LogP contribution is -1.89. The van der Waals surface area contributed by atoms with E-state index in [1.807, 2.05) is 0 Å². The van der Waals surface area contributed by atoms with Gasteiger partial charge in [0.2, 0.25) is 0 Å². The normalized spacial score (nSPS) is 10.2. The molecule has 0 aliphatic carbocycles. The van der Waals surface area contributed by atoms with Gasteiger partial charge in [0.25, 0.3) is 0 Å². The highest BCUT2D eigenvalue weighted by atomic mass is 16.3. The Bertz CT molecular complexity index is 598. The number of hydrogen-bond acceptors (Lipinski definition) is 6. The Morgan fingerprint density at radius 3 is 1.50 bits per heavy atom. The fourth-order valence-corrected chi connectivity index (χ4v) is 2.01. The van der Waals surface area contributed by atoms with Crippen molar-refractivity contribution in [3.63, 3.8) is 0 Å². The first-order valence-electron chi connectivity index (χ1n) is 5.89. The SMILES string of the molecule is O=NCc1cccc(-c2cccc(CN=O)c2O)c1O. The fraction of sp³-hybridized carbons (Fsp3) is 0.143. The van der Waals surface area contributed by atoms with Crippen molar-refractivity contribution in [1.82, 2.24) is 0 Å². The van der Waals surface area contributed by atoms with Crippen LogP contribution in [0.4, 0.5) is 0 Å².